The lowest BCUT2D eigenvalue weighted by Crippen LogP contribution is -1.78. The largest absolute Gasteiger partial charge is 0.455 e. The van der Waals surface area contributed by atoms with Gasteiger partial charge in [-0.1, -0.05) is 24.3 Å². The lowest BCUT2D eigenvalue weighted by Gasteiger charge is -2.01. The summed E-state index contributed by atoms with van der Waals surface area (Å²) in [4.78, 5) is 4.06. The fourth-order valence-corrected chi connectivity index (χ4v) is 2.44. The van der Waals surface area contributed by atoms with Gasteiger partial charge in [0, 0.05) is 28.7 Å². The molecule has 0 atom stereocenters. The molecule has 0 saturated carbocycles. The van der Waals surface area contributed by atoms with Gasteiger partial charge in [-0.15, -0.1) is 0 Å². The van der Waals surface area contributed by atoms with Crippen molar-refractivity contribution in [1.29, 1.82) is 0 Å². The van der Waals surface area contributed by atoms with E-state index in [1.54, 1.807) is 12.4 Å². The van der Waals surface area contributed by atoms with E-state index in [0.717, 1.165) is 33.1 Å². The van der Waals surface area contributed by atoms with Crippen molar-refractivity contribution in [2.24, 2.45) is 0 Å². The highest BCUT2D eigenvalue weighted by molar-refractivity contribution is 6.09. The standard InChI is InChI=1S/C17H10NO/c1-2-7-16-14(4-1)15-6-3-5-13(17(15)19-16)12-8-10-18-11-9-12/h2-11H. The van der Waals surface area contributed by atoms with Gasteiger partial charge in [0.2, 0.25) is 0 Å². The van der Waals surface area contributed by atoms with Crippen LogP contribution < -0.4 is 0 Å². The van der Waals surface area contributed by atoms with Gasteiger partial charge in [-0.3, -0.25) is 4.98 Å². The molecule has 0 unspecified atom stereocenters. The summed E-state index contributed by atoms with van der Waals surface area (Å²) >= 11 is 0. The third kappa shape index (κ3) is 1.54. The molecule has 0 fully saturated rings. The van der Waals surface area contributed by atoms with E-state index in [0.29, 0.717) is 0 Å². The molecule has 0 aliphatic rings. The third-order valence-corrected chi connectivity index (χ3v) is 3.33. The van der Waals surface area contributed by atoms with Gasteiger partial charge in [0.15, 0.2) is 0 Å². The lowest BCUT2D eigenvalue weighted by molar-refractivity contribution is 0.670. The van der Waals surface area contributed by atoms with Crippen LogP contribution in [-0.2, 0) is 0 Å². The summed E-state index contributed by atoms with van der Waals surface area (Å²) in [5.74, 6) is 0. The van der Waals surface area contributed by atoms with Gasteiger partial charge in [0.25, 0.3) is 0 Å². The van der Waals surface area contributed by atoms with Crippen molar-refractivity contribution >= 4 is 21.9 Å². The minimum Gasteiger partial charge on any atom is -0.455 e. The first kappa shape index (κ1) is 10.3. The Balaban J connectivity index is 2.13. The molecule has 0 amide bonds. The van der Waals surface area contributed by atoms with E-state index in [1.807, 2.05) is 30.3 Å². The van der Waals surface area contributed by atoms with Crippen LogP contribution in [0, 0.1) is 6.07 Å². The predicted octanol–water partition coefficient (Wildman–Crippen LogP) is 4.45. The first-order valence-electron chi connectivity index (χ1n) is 6.15. The molecule has 1 radical (unpaired) electrons. The number of aromatic nitrogens is 1. The fraction of sp³-hybridized carbons (Fsp3) is 0. The molecular weight excluding hydrogens is 234 g/mol. The molecule has 0 N–H and O–H groups in total. The maximum absolute atomic E-state index is 6.00. The number of benzene rings is 2. The number of furan rings is 1. The summed E-state index contributed by atoms with van der Waals surface area (Å²) in [6.45, 7) is 0. The van der Waals surface area contributed by atoms with Crippen molar-refractivity contribution in [2.45, 2.75) is 0 Å². The second kappa shape index (κ2) is 3.95. The molecule has 0 aliphatic carbocycles. The molecular formula is C17H10NO. The molecule has 89 valence electrons. The van der Waals surface area contributed by atoms with Crippen LogP contribution in [0.4, 0.5) is 0 Å². The fourth-order valence-electron chi connectivity index (χ4n) is 2.44. The zero-order chi connectivity index (χ0) is 12.7. The van der Waals surface area contributed by atoms with Crippen LogP contribution in [0.5, 0.6) is 0 Å². The van der Waals surface area contributed by atoms with Crippen LogP contribution in [0.15, 0.2) is 65.3 Å². The smallest absolute Gasteiger partial charge is 0.143 e. The van der Waals surface area contributed by atoms with Crippen molar-refractivity contribution in [1.82, 2.24) is 4.98 Å². The van der Waals surface area contributed by atoms with Gasteiger partial charge in [-0.2, -0.15) is 0 Å². The lowest BCUT2D eigenvalue weighted by atomic mass is 10.0. The Bertz CT molecular complexity index is 862. The Kier molecular flexibility index (Phi) is 2.15. The average molecular weight is 244 g/mol. The zero-order valence-electron chi connectivity index (χ0n) is 10.1. The van der Waals surface area contributed by atoms with Crippen LogP contribution >= 0.6 is 0 Å². The summed E-state index contributed by atoms with van der Waals surface area (Å²) < 4.78 is 6.00. The van der Waals surface area contributed by atoms with E-state index < -0.39 is 0 Å². The topological polar surface area (TPSA) is 26.0 Å². The van der Waals surface area contributed by atoms with E-state index >= 15 is 0 Å². The third-order valence-electron chi connectivity index (χ3n) is 3.33. The van der Waals surface area contributed by atoms with Gasteiger partial charge >= 0.3 is 0 Å². The Morgan fingerprint density at radius 3 is 2.74 bits per heavy atom. The minimum absolute atomic E-state index is 0.898. The molecule has 4 aromatic rings. The Morgan fingerprint density at radius 2 is 1.84 bits per heavy atom. The van der Waals surface area contributed by atoms with Crippen molar-refractivity contribution in [3.05, 3.63) is 67.0 Å². The summed E-state index contributed by atoms with van der Waals surface area (Å²) in [7, 11) is 0. The highest BCUT2D eigenvalue weighted by Gasteiger charge is 2.10. The average Bonchev–Trinajstić information content (AvgIpc) is 2.87. The maximum atomic E-state index is 6.00. The Labute approximate surface area is 110 Å². The molecule has 2 nitrogen and oxygen atoms in total. The van der Waals surface area contributed by atoms with Crippen molar-refractivity contribution < 1.29 is 4.42 Å². The molecule has 0 aliphatic heterocycles. The van der Waals surface area contributed by atoms with Gasteiger partial charge in [0.05, 0.1) is 0 Å². The zero-order valence-corrected chi connectivity index (χ0v) is 10.1. The quantitative estimate of drug-likeness (QED) is 0.494. The molecule has 0 spiro atoms. The van der Waals surface area contributed by atoms with E-state index in [2.05, 4.69) is 29.2 Å². The number of hydrogen-bond donors (Lipinski definition) is 0. The molecule has 0 saturated heterocycles. The summed E-state index contributed by atoms with van der Waals surface area (Å²) in [6, 6.07) is 19.1. The van der Waals surface area contributed by atoms with Gasteiger partial charge in [0.1, 0.15) is 11.2 Å². The van der Waals surface area contributed by atoms with E-state index in [1.165, 1.54) is 0 Å². The maximum Gasteiger partial charge on any atom is 0.143 e. The number of rotatable bonds is 1. The van der Waals surface area contributed by atoms with Crippen LogP contribution in [-0.4, -0.2) is 4.98 Å². The molecule has 2 heteroatoms. The van der Waals surface area contributed by atoms with Crippen molar-refractivity contribution in [3.63, 3.8) is 0 Å². The second-order valence-corrected chi connectivity index (χ2v) is 4.44. The van der Waals surface area contributed by atoms with E-state index in [-0.39, 0.29) is 0 Å². The number of para-hydroxylation sites is 1. The van der Waals surface area contributed by atoms with Crippen LogP contribution in [0.25, 0.3) is 33.1 Å². The molecule has 2 heterocycles. The number of nitrogens with zero attached hydrogens (tertiary/aromatic N) is 1. The Hall–Kier alpha value is -2.61. The first-order valence-corrected chi connectivity index (χ1v) is 6.15. The van der Waals surface area contributed by atoms with E-state index in [9.17, 15) is 0 Å². The number of hydrogen-bond acceptors (Lipinski definition) is 2. The van der Waals surface area contributed by atoms with E-state index in [4.69, 9.17) is 4.42 Å². The van der Waals surface area contributed by atoms with Crippen LogP contribution in [0.3, 0.4) is 0 Å². The molecule has 19 heavy (non-hydrogen) atoms. The molecule has 4 rings (SSSR count). The highest BCUT2D eigenvalue weighted by Crippen LogP contribution is 2.35. The highest BCUT2D eigenvalue weighted by atomic mass is 16.3. The summed E-state index contributed by atoms with van der Waals surface area (Å²) in [5, 5.41) is 2.23. The minimum atomic E-state index is 0.898. The van der Waals surface area contributed by atoms with Gasteiger partial charge in [-0.05, 0) is 35.9 Å². The molecule has 0 bridgehead atoms. The number of fused-ring (bicyclic) bond motifs is 3. The van der Waals surface area contributed by atoms with Gasteiger partial charge in [-0.25, -0.2) is 0 Å². The molecule has 2 aromatic heterocycles. The number of pyridine rings is 1. The molecule has 2 aromatic carbocycles. The normalized spacial score (nSPS) is 11.2. The second-order valence-electron chi connectivity index (χ2n) is 4.44. The van der Waals surface area contributed by atoms with Gasteiger partial charge < -0.3 is 4.42 Å². The summed E-state index contributed by atoms with van der Waals surface area (Å²) in [5.41, 5.74) is 4.03. The monoisotopic (exact) mass is 244 g/mol. The van der Waals surface area contributed by atoms with Crippen LogP contribution in [0.1, 0.15) is 0 Å². The predicted molar refractivity (Wildman–Crippen MR) is 75.8 cm³/mol. The van der Waals surface area contributed by atoms with Crippen LogP contribution in [0.2, 0.25) is 0 Å². The first-order chi connectivity index (χ1) is 9.43. The Morgan fingerprint density at radius 1 is 0.947 bits per heavy atom. The summed E-state index contributed by atoms with van der Waals surface area (Å²) in [6.07, 6.45) is 3.59. The van der Waals surface area contributed by atoms with Crippen molar-refractivity contribution in [2.75, 3.05) is 0 Å². The van der Waals surface area contributed by atoms with Crippen molar-refractivity contribution in [3.8, 4) is 11.1 Å². The SMILES string of the molecule is [c]1ccc2oc3c(-c4ccncc4)cccc3c2c1.